The van der Waals surface area contributed by atoms with Gasteiger partial charge < -0.3 is 5.73 Å². The van der Waals surface area contributed by atoms with Gasteiger partial charge in [0.15, 0.2) is 5.82 Å². The molecule has 120 valence electrons. The Balaban J connectivity index is 1.90. The lowest BCUT2D eigenvalue weighted by atomic mass is 9.70. The average molecular weight is 353 g/mol. The number of carbonyl (C=O) groups is 1. The molecule has 0 saturated carbocycles. The van der Waals surface area contributed by atoms with Crippen molar-refractivity contribution < 1.29 is 4.79 Å². The largest absolute Gasteiger partial charge is 0.382 e. The van der Waals surface area contributed by atoms with Gasteiger partial charge in [0.05, 0.1) is 5.69 Å². The number of aldehydes is 1. The lowest BCUT2D eigenvalue weighted by molar-refractivity contribution is -0.104. The second kappa shape index (κ2) is 5.89. The minimum absolute atomic E-state index is 0.230. The molecule has 2 N–H and O–H groups in total. The number of fused-ring (bicyclic) bond motifs is 1. The van der Waals surface area contributed by atoms with Gasteiger partial charge in [0.25, 0.3) is 0 Å². The van der Waals surface area contributed by atoms with Crippen molar-refractivity contribution >= 4 is 47.1 Å². The molecule has 0 radical (unpaired) electrons. The summed E-state index contributed by atoms with van der Waals surface area (Å²) in [6, 6.07) is 4.34. The van der Waals surface area contributed by atoms with Crippen LogP contribution in [0.2, 0.25) is 0 Å². The molecule has 0 aliphatic heterocycles. The summed E-state index contributed by atoms with van der Waals surface area (Å²) in [5.74, 6) is 0.487. The van der Waals surface area contributed by atoms with Crippen LogP contribution in [0.1, 0.15) is 22.4 Å². The third-order valence-corrected chi connectivity index (χ3v) is 5.80. The van der Waals surface area contributed by atoms with Crippen LogP contribution >= 0.6 is 22.7 Å². The molecule has 24 heavy (non-hydrogen) atoms. The van der Waals surface area contributed by atoms with E-state index in [1.54, 1.807) is 33.6 Å². The van der Waals surface area contributed by atoms with E-state index in [2.05, 4.69) is 50.9 Å². The molecule has 3 aromatic rings. The van der Waals surface area contributed by atoms with Gasteiger partial charge in [-0.05, 0) is 50.9 Å². The van der Waals surface area contributed by atoms with Crippen molar-refractivity contribution in [3.8, 4) is 0 Å². The van der Waals surface area contributed by atoms with Crippen LogP contribution in [0.5, 0.6) is 0 Å². The van der Waals surface area contributed by atoms with Crippen molar-refractivity contribution in [3.63, 3.8) is 0 Å². The highest BCUT2D eigenvalue weighted by atomic mass is 32.1. The number of hydrogen-bond donors (Lipinski definition) is 1. The summed E-state index contributed by atoms with van der Waals surface area (Å²) in [7, 11) is 0. The van der Waals surface area contributed by atoms with Crippen molar-refractivity contribution in [1.82, 2.24) is 9.78 Å². The van der Waals surface area contributed by atoms with E-state index in [1.165, 1.54) is 17.2 Å². The molecular formula is C18H15N3OS2. The predicted octanol–water partition coefficient (Wildman–Crippen LogP) is 3.81. The Hall–Kier alpha value is -2.44. The molecule has 3 heterocycles. The minimum atomic E-state index is -0.230. The normalized spacial score (nSPS) is 15.7. The van der Waals surface area contributed by atoms with Crippen LogP contribution in [0.25, 0.3) is 12.3 Å². The molecule has 0 aromatic carbocycles. The summed E-state index contributed by atoms with van der Waals surface area (Å²) in [5, 5.41) is 13.0. The van der Waals surface area contributed by atoms with Crippen LogP contribution in [-0.4, -0.2) is 16.1 Å². The van der Waals surface area contributed by atoms with Crippen molar-refractivity contribution in [2.45, 2.75) is 11.8 Å². The average Bonchev–Trinajstić information content (AvgIpc) is 3.35. The van der Waals surface area contributed by atoms with Crippen LogP contribution in [0, 0.1) is 0 Å². The van der Waals surface area contributed by atoms with E-state index in [-0.39, 0.29) is 5.41 Å². The number of hydrogen-bond acceptors (Lipinski definition) is 5. The van der Waals surface area contributed by atoms with Crippen LogP contribution in [0.4, 0.5) is 5.82 Å². The summed E-state index contributed by atoms with van der Waals surface area (Å²) in [6.45, 7) is 0. The first kappa shape index (κ1) is 15.1. The number of nitrogens with zero attached hydrogens (tertiary/aromatic N) is 2. The quantitative estimate of drug-likeness (QED) is 0.573. The van der Waals surface area contributed by atoms with Gasteiger partial charge in [-0.25, -0.2) is 4.68 Å². The Labute approximate surface area is 147 Å². The lowest BCUT2D eigenvalue weighted by Gasteiger charge is -2.33. The molecule has 0 unspecified atom stereocenters. The van der Waals surface area contributed by atoms with Crippen molar-refractivity contribution in [2.75, 3.05) is 5.73 Å². The molecule has 0 spiro atoms. The SMILES string of the molecule is Nc1nn(C=CC=O)c2c1C=CC(c1ccsc1)(c1ccsc1)C2. The molecule has 4 rings (SSSR count). The smallest absolute Gasteiger partial charge is 0.153 e. The zero-order chi connectivity index (χ0) is 16.6. The summed E-state index contributed by atoms with van der Waals surface area (Å²) >= 11 is 3.39. The zero-order valence-electron chi connectivity index (χ0n) is 12.8. The Morgan fingerprint density at radius 3 is 2.50 bits per heavy atom. The van der Waals surface area contributed by atoms with E-state index in [0.717, 1.165) is 24.0 Å². The van der Waals surface area contributed by atoms with E-state index in [4.69, 9.17) is 5.73 Å². The van der Waals surface area contributed by atoms with Gasteiger partial charge in [0.1, 0.15) is 6.29 Å². The van der Waals surface area contributed by atoms with E-state index in [9.17, 15) is 4.79 Å². The molecule has 6 heteroatoms. The summed E-state index contributed by atoms with van der Waals surface area (Å²) in [5.41, 5.74) is 10.3. The first-order chi connectivity index (χ1) is 11.7. The van der Waals surface area contributed by atoms with Crippen LogP contribution in [0.3, 0.4) is 0 Å². The Bertz CT molecular complexity index is 884. The van der Waals surface area contributed by atoms with Gasteiger partial charge >= 0.3 is 0 Å². The standard InChI is InChI=1S/C18H15N3OS2/c19-17-15-2-5-18(13-3-8-23-11-13,14-4-9-24-12-14)10-16(15)21(20-17)6-1-7-22/h1-9,11-12H,10H2,(H2,19,20). The van der Waals surface area contributed by atoms with Crippen LogP contribution < -0.4 is 5.73 Å². The Morgan fingerprint density at radius 1 is 1.21 bits per heavy atom. The highest BCUT2D eigenvalue weighted by Gasteiger charge is 2.37. The number of aromatic nitrogens is 2. The van der Waals surface area contributed by atoms with E-state index in [1.807, 2.05) is 0 Å². The monoisotopic (exact) mass is 353 g/mol. The number of thiophene rings is 2. The number of rotatable bonds is 4. The Morgan fingerprint density at radius 2 is 1.92 bits per heavy atom. The first-order valence-electron chi connectivity index (χ1n) is 7.48. The molecule has 0 saturated heterocycles. The highest BCUT2D eigenvalue weighted by molar-refractivity contribution is 7.08. The number of allylic oxidation sites excluding steroid dienone is 2. The molecule has 1 aliphatic rings. The number of nitrogens with two attached hydrogens (primary N) is 1. The fraction of sp³-hybridized carbons (Fsp3) is 0.111. The minimum Gasteiger partial charge on any atom is -0.382 e. The number of carbonyl (C=O) groups excluding carboxylic acids is 1. The molecule has 0 bridgehead atoms. The third-order valence-electron chi connectivity index (χ3n) is 4.44. The van der Waals surface area contributed by atoms with Crippen molar-refractivity contribution in [2.24, 2.45) is 0 Å². The maximum Gasteiger partial charge on any atom is 0.153 e. The molecule has 0 fully saturated rings. The van der Waals surface area contributed by atoms with Gasteiger partial charge in [-0.2, -0.15) is 27.8 Å². The summed E-state index contributed by atoms with van der Waals surface area (Å²) < 4.78 is 1.72. The maximum absolute atomic E-state index is 10.7. The summed E-state index contributed by atoms with van der Waals surface area (Å²) in [6.07, 6.45) is 8.87. The Kier molecular flexibility index (Phi) is 3.70. The fourth-order valence-corrected chi connectivity index (χ4v) is 4.73. The second-order valence-corrected chi connectivity index (χ2v) is 7.23. The molecule has 0 atom stereocenters. The molecule has 4 nitrogen and oxygen atoms in total. The van der Waals surface area contributed by atoms with Gasteiger partial charge in [-0.15, -0.1) is 0 Å². The van der Waals surface area contributed by atoms with E-state index >= 15 is 0 Å². The lowest BCUT2D eigenvalue weighted by Crippen LogP contribution is -2.30. The molecule has 3 aromatic heterocycles. The number of anilines is 1. The molecule has 0 amide bonds. The van der Waals surface area contributed by atoms with E-state index in [0.29, 0.717) is 5.82 Å². The third kappa shape index (κ3) is 2.26. The van der Waals surface area contributed by atoms with Gasteiger partial charge in [0.2, 0.25) is 0 Å². The zero-order valence-corrected chi connectivity index (χ0v) is 14.4. The van der Waals surface area contributed by atoms with E-state index < -0.39 is 0 Å². The first-order valence-corrected chi connectivity index (χ1v) is 9.36. The maximum atomic E-state index is 10.7. The van der Waals surface area contributed by atoms with Gasteiger partial charge in [0, 0.05) is 23.6 Å². The van der Waals surface area contributed by atoms with Crippen molar-refractivity contribution in [3.05, 3.63) is 68.2 Å². The second-order valence-electron chi connectivity index (χ2n) is 5.67. The highest BCUT2D eigenvalue weighted by Crippen LogP contribution is 2.44. The topological polar surface area (TPSA) is 60.9 Å². The van der Waals surface area contributed by atoms with Crippen LogP contribution in [0.15, 0.2) is 45.8 Å². The number of nitrogen functional groups attached to an aromatic ring is 1. The summed E-state index contributed by atoms with van der Waals surface area (Å²) in [4.78, 5) is 10.7. The van der Waals surface area contributed by atoms with Gasteiger partial charge in [-0.3, -0.25) is 4.79 Å². The van der Waals surface area contributed by atoms with Crippen molar-refractivity contribution in [1.29, 1.82) is 0 Å². The fourth-order valence-electron chi connectivity index (χ4n) is 3.25. The van der Waals surface area contributed by atoms with Gasteiger partial charge in [-0.1, -0.05) is 12.2 Å². The molecule has 1 aliphatic carbocycles. The van der Waals surface area contributed by atoms with Crippen LogP contribution in [-0.2, 0) is 16.6 Å². The predicted molar refractivity (Wildman–Crippen MR) is 100 cm³/mol. The molecular weight excluding hydrogens is 338 g/mol.